The fourth-order valence-corrected chi connectivity index (χ4v) is 7.02. The first-order valence-electron chi connectivity index (χ1n) is 15.7. The maximum Gasteiger partial charge on any atom is 0.265 e. The lowest BCUT2D eigenvalue weighted by molar-refractivity contribution is -0.140. The number of anilines is 1. The molecule has 4 rings (SSSR count). The van der Waals surface area contributed by atoms with Crippen LogP contribution in [-0.2, 0) is 32.6 Å². The van der Waals surface area contributed by atoms with Crippen LogP contribution in [0.2, 0.25) is 5.02 Å². The summed E-state index contributed by atoms with van der Waals surface area (Å²) >= 11 is 6.39. The van der Waals surface area contributed by atoms with Crippen LogP contribution in [0.4, 0.5) is 5.69 Å². The molecule has 4 aromatic carbocycles. The highest BCUT2D eigenvalue weighted by molar-refractivity contribution is 7.92. The number of rotatable bonds is 15. The van der Waals surface area contributed by atoms with E-state index in [0.29, 0.717) is 5.75 Å². The number of methoxy groups -OCH3 is 3. The van der Waals surface area contributed by atoms with Crippen LogP contribution in [0.3, 0.4) is 0 Å². The molecule has 0 saturated heterocycles. The summed E-state index contributed by atoms with van der Waals surface area (Å²) in [7, 11) is -0.248. The summed E-state index contributed by atoms with van der Waals surface area (Å²) < 4.78 is 46.3. The van der Waals surface area contributed by atoms with E-state index in [1.807, 2.05) is 75.4 Å². The molecule has 2 amide bonds. The van der Waals surface area contributed by atoms with E-state index in [1.165, 1.54) is 56.6 Å². The molecular weight excluding hydrogens is 666 g/mol. The second-order valence-corrected chi connectivity index (χ2v) is 14.0. The van der Waals surface area contributed by atoms with Crippen molar-refractivity contribution in [2.75, 3.05) is 32.2 Å². The van der Waals surface area contributed by atoms with Gasteiger partial charge in [0.05, 0.1) is 31.9 Å². The minimum atomic E-state index is -4.48. The number of benzene rings is 4. The van der Waals surface area contributed by atoms with Crippen LogP contribution in [0.15, 0.2) is 95.9 Å². The molecule has 0 aromatic heterocycles. The van der Waals surface area contributed by atoms with Gasteiger partial charge in [-0.1, -0.05) is 71.8 Å². The molecule has 12 heteroatoms. The minimum Gasteiger partial charge on any atom is -0.495 e. The van der Waals surface area contributed by atoms with E-state index in [2.05, 4.69) is 5.32 Å². The molecular formula is C37H42ClN3O7S. The lowest BCUT2D eigenvalue weighted by Gasteiger charge is -2.34. The van der Waals surface area contributed by atoms with Crippen molar-refractivity contribution in [3.63, 3.8) is 0 Å². The van der Waals surface area contributed by atoms with Crippen LogP contribution >= 0.6 is 11.6 Å². The van der Waals surface area contributed by atoms with Crippen molar-refractivity contribution in [1.82, 2.24) is 10.2 Å². The Bertz CT molecular complexity index is 1870. The Hall–Kier alpha value is -4.74. The van der Waals surface area contributed by atoms with Crippen molar-refractivity contribution >= 4 is 39.1 Å². The van der Waals surface area contributed by atoms with Gasteiger partial charge < -0.3 is 24.4 Å². The zero-order valence-electron chi connectivity index (χ0n) is 28.5. The van der Waals surface area contributed by atoms with Crippen molar-refractivity contribution in [2.45, 2.75) is 50.7 Å². The number of ether oxygens (including phenoxy) is 3. The zero-order valence-corrected chi connectivity index (χ0v) is 30.0. The first-order valence-corrected chi connectivity index (χ1v) is 17.5. The Morgan fingerprint density at radius 2 is 1.45 bits per heavy atom. The lowest BCUT2D eigenvalue weighted by Crippen LogP contribution is -2.54. The molecule has 0 aliphatic carbocycles. The number of hydrogen-bond donors (Lipinski definition) is 1. The number of hydrogen-bond acceptors (Lipinski definition) is 7. The molecule has 1 N–H and O–H groups in total. The van der Waals surface area contributed by atoms with Gasteiger partial charge in [0.2, 0.25) is 11.8 Å². The molecule has 1 unspecified atom stereocenters. The highest BCUT2D eigenvalue weighted by Gasteiger charge is 2.36. The maximum absolute atomic E-state index is 14.7. The van der Waals surface area contributed by atoms with Gasteiger partial charge in [0.25, 0.3) is 10.0 Å². The molecule has 0 bridgehead atoms. The quantitative estimate of drug-likeness (QED) is 0.160. The molecule has 0 radical (unpaired) electrons. The smallest absolute Gasteiger partial charge is 0.265 e. The molecule has 0 aliphatic rings. The fraction of sp³-hybridized carbons (Fsp3) is 0.297. The summed E-state index contributed by atoms with van der Waals surface area (Å²) in [5.74, 6) is -0.303. The average Bonchev–Trinajstić information content (AvgIpc) is 3.08. The van der Waals surface area contributed by atoms with Crippen molar-refractivity contribution in [1.29, 1.82) is 0 Å². The fourth-order valence-electron chi connectivity index (χ4n) is 5.42. The number of amides is 2. The van der Waals surface area contributed by atoms with Crippen LogP contribution in [0, 0.1) is 6.92 Å². The Labute approximate surface area is 293 Å². The van der Waals surface area contributed by atoms with Gasteiger partial charge in [-0.3, -0.25) is 13.9 Å². The van der Waals surface area contributed by atoms with Crippen LogP contribution in [0.25, 0.3) is 0 Å². The molecule has 0 aliphatic heterocycles. The summed E-state index contributed by atoms with van der Waals surface area (Å²) in [6, 6.07) is 24.4. The molecule has 0 heterocycles. The third kappa shape index (κ3) is 9.24. The third-order valence-corrected chi connectivity index (χ3v) is 9.76. The van der Waals surface area contributed by atoms with Crippen molar-refractivity contribution in [3.8, 4) is 17.2 Å². The first kappa shape index (κ1) is 37.1. The van der Waals surface area contributed by atoms with Crippen molar-refractivity contribution in [2.24, 2.45) is 0 Å². The van der Waals surface area contributed by atoms with Gasteiger partial charge in [-0.25, -0.2) is 8.42 Å². The predicted octanol–water partition coefficient (Wildman–Crippen LogP) is 6.03. The van der Waals surface area contributed by atoms with Crippen molar-refractivity contribution < 1.29 is 32.2 Å². The van der Waals surface area contributed by atoms with Gasteiger partial charge in [-0.15, -0.1) is 0 Å². The number of carbonyl (C=O) groups is 2. The molecule has 1 atom stereocenters. The van der Waals surface area contributed by atoms with Gasteiger partial charge in [0, 0.05) is 30.1 Å². The first-order chi connectivity index (χ1) is 23.4. The van der Waals surface area contributed by atoms with Gasteiger partial charge >= 0.3 is 0 Å². The van der Waals surface area contributed by atoms with Gasteiger partial charge in [-0.05, 0) is 62.2 Å². The Morgan fingerprint density at radius 3 is 2.08 bits per heavy atom. The summed E-state index contributed by atoms with van der Waals surface area (Å²) in [4.78, 5) is 29.9. The zero-order chi connectivity index (χ0) is 35.7. The van der Waals surface area contributed by atoms with E-state index < -0.39 is 28.5 Å². The number of halogens is 1. The monoisotopic (exact) mass is 707 g/mol. The predicted molar refractivity (Wildman–Crippen MR) is 191 cm³/mol. The summed E-state index contributed by atoms with van der Waals surface area (Å²) in [6.45, 7) is 4.98. The standard InChI is InChI=1S/C37H42ClN3O7S/c1-25(2)39-37(43)32(20-27-12-8-7-9-13-27)40(23-28-14-10-11-26(3)19-28)36(42)24-41(31-21-29(38)15-17-33(31)46-4)49(44,45)30-16-18-34(47-5)35(22-30)48-6/h7-19,21-22,25,32H,20,23-24H2,1-6H3,(H,39,43). The van der Waals surface area contributed by atoms with Crippen LogP contribution < -0.4 is 23.8 Å². The number of nitrogens with one attached hydrogen (secondary N) is 1. The van der Waals surface area contributed by atoms with E-state index in [9.17, 15) is 18.0 Å². The van der Waals surface area contributed by atoms with E-state index >= 15 is 0 Å². The van der Waals surface area contributed by atoms with E-state index in [0.717, 1.165) is 21.0 Å². The van der Waals surface area contributed by atoms with Crippen LogP contribution in [0.1, 0.15) is 30.5 Å². The van der Waals surface area contributed by atoms with E-state index in [4.69, 9.17) is 25.8 Å². The second-order valence-electron chi connectivity index (χ2n) is 11.7. The lowest BCUT2D eigenvalue weighted by atomic mass is 10.0. The number of aryl methyl sites for hydroxylation is 1. The largest absolute Gasteiger partial charge is 0.495 e. The summed E-state index contributed by atoms with van der Waals surface area (Å²) in [5, 5.41) is 3.19. The highest BCUT2D eigenvalue weighted by atomic mass is 35.5. The Balaban J connectivity index is 1.89. The van der Waals surface area contributed by atoms with Crippen molar-refractivity contribution in [3.05, 3.63) is 113 Å². The normalized spacial score (nSPS) is 11.8. The van der Waals surface area contributed by atoms with Gasteiger partial charge in [0.15, 0.2) is 11.5 Å². The highest BCUT2D eigenvalue weighted by Crippen LogP contribution is 2.37. The molecule has 0 spiro atoms. The molecule has 260 valence electrons. The number of sulfonamides is 1. The van der Waals surface area contributed by atoms with Gasteiger partial charge in [-0.2, -0.15) is 0 Å². The van der Waals surface area contributed by atoms with Crippen LogP contribution in [0.5, 0.6) is 17.2 Å². The Morgan fingerprint density at radius 1 is 0.796 bits per heavy atom. The van der Waals surface area contributed by atoms with Crippen LogP contribution in [-0.4, -0.2) is 65.1 Å². The van der Waals surface area contributed by atoms with E-state index in [-0.39, 0.29) is 52.0 Å². The molecule has 49 heavy (non-hydrogen) atoms. The topological polar surface area (TPSA) is 114 Å². The number of nitrogens with zero attached hydrogens (tertiary/aromatic N) is 2. The summed E-state index contributed by atoms with van der Waals surface area (Å²) in [5.41, 5.74) is 2.62. The second kappa shape index (κ2) is 16.6. The molecule has 0 fully saturated rings. The average molecular weight is 708 g/mol. The Kier molecular flexibility index (Phi) is 12.5. The van der Waals surface area contributed by atoms with Gasteiger partial charge in [0.1, 0.15) is 18.3 Å². The SMILES string of the molecule is COc1ccc(S(=O)(=O)N(CC(=O)N(Cc2cccc(C)c2)C(Cc2ccccc2)C(=O)NC(C)C)c2cc(Cl)ccc2OC)cc1OC. The number of carbonyl (C=O) groups excluding carboxylic acids is 2. The van der Waals surface area contributed by atoms with E-state index in [1.54, 1.807) is 6.07 Å². The molecule has 10 nitrogen and oxygen atoms in total. The summed E-state index contributed by atoms with van der Waals surface area (Å²) in [6.07, 6.45) is 0.194. The molecule has 0 saturated carbocycles. The third-order valence-electron chi connectivity index (χ3n) is 7.77. The minimum absolute atomic E-state index is 0.0416. The maximum atomic E-state index is 14.7. The molecule has 4 aromatic rings.